The number of aliphatic hydroxyl groups excluding tert-OH is 1. The number of ether oxygens (including phenoxy) is 1. The molecular weight excluding hydrogens is 296 g/mol. The van der Waals surface area contributed by atoms with Crippen molar-refractivity contribution < 1.29 is 19.4 Å². The fourth-order valence-electron chi connectivity index (χ4n) is 2.59. The number of β-amino-alcohol motifs (C(OH)–C–C–N with tert-alkyl or cyclic N) is 1. The van der Waals surface area contributed by atoms with Crippen molar-refractivity contribution in [2.75, 3.05) is 19.6 Å². The lowest BCUT2D eigenvalue weighted by Gasteiger charge is -2.24. The molecule has 0 aliphatic carbocycles. The molecule has 134 valence electrons. The van der Waals surface area contributed by atoms with Crippen LogP contribution in [0.15, 0.2) is 0 Å². The number of aliphatic hydroxyl groups is 1. The average Bonchev–Trinajstić information content (AvgIpc) is 2.83. The number of likely N-dealkylation sites (tertiary alicyclic amines) is 1. The van der Waals surface area contributed by atoms with E-state index >= 15 is 0 Å². The summed E-state index contributed by atoms with van der Waals surface area (Å²) in [6.07, 6.45) is 4.34. The maximum Gasteiger partial charge on any atom is 0.410 e. The highest BCUT2D eigenvalue weighted by Gasteiger charge is 2.39. The van der Waals surface area contributed by atoms with Crippen LogP contribution in [0.2, 0.25) is 0 Å². The molecule has 6 nitrogen and oxygen atoms in total. The highest BCUT2D eigenvalue weighted by molar-refractivity contribution is 5.81. The minimum atomic E-state index is -0.831. The molecule has 0 aromatic carbocycles. The maximum absolute atomic E-state index is 12.1. The quantitative estimate of drug-likeness (QED) is 0.703. The number of unbranched alkanes of at least 4 members (excludes halogenated alkanes) is 4. The summed E-state index contributed by atoms with van der Waals surface area (Å²) in [6.45, 7) is 8.51. The summed E-state index contributed by atoms with van der Waals surface area (Å²) in [7, 11) is 0. The van der Waals surface area contributed by atoms with Gasteiger partial charge in [0.15, 0.2) is 0 Å². The highest BCUT2D eigenvalue weighted by Crippen LogP contribution is 2.20. The molecule has 1 heterocycles. The minimum absolute atomic E-state index is 0.142. The second-order valence-electron chi connectivity index (χ2n) is 7.26. The first kappa shape index (κ1) is 19.7. The zero-order valence-corrected chi connectivity index (χ0v) is 14.9. The van der Waals surface area contributed by atoms with Crippen LogP contribution in [-0.4, -0.2) is 53.3 Å². The van der Waals surface area contributed by atoms with Crippen LogP contribution in [0.4, 0.5) is 4.79 Å². The van der Waals surface area contributed by atoms with Crippen LogP contribution in [0.25, 0.3) is 0 Å². The second kappa shape index (κ2) is 9.11. The number of carbonyl (C=O) groups is 2. The van der Waals surface area contributed by atoms with Crippen molar-refractivity contribution >= 4 is 12.0 Å². The van der Waals surface area contributed by atoms with Gasteiger partial charge in [-0.25, -0.2) is 4.79 Å². The normalized spacial score (nSPS) is 21.3. The second-order valence-corrected chi connectivity index (χ2v) is 7.26. The molecule has 0 unspecified atom stereocenters. The van der Waals surface area contributed by atoms with Crippen LogP contribution in [0, 0.1) is 5.92 Å². The summed E-state index contributed by atoms with van der Waals surface area (Å²) in [6, 6.07) is 0. The molecule has 2 N–H and O–H groups in total. The van der Waals surface area contributed by atoms with Crippen molar-refractivity contribution in [1.82, 2.24) is 10.2 Å². The Bertz CT molecular complexity index is 393. The molecule has 2 amide bonds. The van der Waals surface area contributed by atoms with Crippen LogP contribution < -0.4 is 5.32 Å². The number of hydrogen-bond donors (Lipinski definition) is 2. The molecule has 0 bridgehead atoms. The lowest BCUT2D eigenvalue weighted by molar-refractivity contribution is -0.126. The summed E-state index contributed by atoms with van der Waals surface area (Å²) in [4.78, 5) is 25.5. The van der Waals surface area contributed by atoms with Gasteiger partial charge in [-0.05, 0) is 27.2 Å². The Labute approximate surface area is 139 Å². The van der Waals surface area contributed by atoms with E-state index in [1.807, 2.05) is 0 Å². The number of nitrogens with zero attached hydrogens (tertiary/aromatic N) is 1. The molecule has 0 aromatic heterocycles. The first-order valence-corrected chi connectivity index (χ1v) is 8.68. The smallest absolute Gasteiger partial charge is 0.410 e. The van der Waals surface area contributed by atoms with E-state index in [1.165, 1.54) is 24.2 Å². The van der Waals surface area contributed by atoms with E-state index in [-0.39, 0.29) is 19.0 Å². The van der Waals surface area contributed by atoms with E-state index in [0.717, 1.165) is 12.8 Å². The highest BCUT2D eigenvalue weighted by atomic mass is 16.6. The van der Waals surface area contributed by atoms with Crippen LogP contribution >= 0.6 is 0 Å². The Kier molecular flexibility index (Phi) is 7.82. The molecule has 1 fully saturated rings. The van der Waals surface area contributed by atoms with Gasteiger partial charge in [0, 0.05) is 13.1 Å². The molecule has 2 atom stereocenters. The summed E-state index contributed by atoms with van der Waals surface area (Å²) in [5.74, 6) is -0.753. The largest absolute Gasteiger partial charge is 0.444 e. The number of hydrogen-bond acceptors (Lipinski definition) is 4. The van der Waals surface area contributed by atoms with Gasteiger partial charge in [-0.2, -0.15) is 0 Å². The van der Waals surface area contributed by atoms with Crippen molar-refractivity contribution in [2.24, 2.45) is 5.92 Å². The number of amides is 2. The Morgan fingerprint density at radius 2 is 1.83 bits per heavy atom. The molecule has 23 heavy (non-hydrogen) atoms. The molecule has 0 spiro atoms. The summed E-state index contributed by atoms with van der Waals surface area (Å²) in [5, 5.41) is 12.9. The molecule has 0 saturated carbocycles. The molecule has 1 aliphatic rings. The molecule has 0 radical (unpaired) electrons. The fourth-order valence-corrected chi connectivity index (χ4v) is 2.59. The number of rotatable bonds is 7. The Balaban J connectivity index is 2.34. The Morgan fingerprint density at radius 3 is 2.43 bits per heavy atom. The zero-order valence-electron chi connectivity index (χ0n) is 14.9. The topological polar surface area (TPSA) is 78.9 Å². The Hall–Kier alpha value is -1.30. The summed E-state index contributed by atoms with van der Waals surface area (Å²) in [5.41, 5.74) is -0.582. The molecule has 6 heteroatoms. The van der Waals surface area contributed by atoms with Gasteiger partial charge >= 0.3 is 6.09 Å². The SMILES string of the molecule is CCCCCCCNC(=O)[C@@H]1CN(C(=O)OC(C)(C)C)C[C@@H]1O. The van der Waals surface area contributed by atoms with Gasteiger partial charge in [0.05, 0.1) is 18.6 Å². The molecule has 0 aromatic rings. The minimum Gasteiger partial charge on any atom is -0.444 e. The predicted molar refractivity (Wildman–Crippen MR) is 89.1 cm³/mol. The number of carbonyl (C=O) groups excluding carboxylic acids is 2. The van der Waals surface area contributed by atoms with Crippen molar-refractivity contribution in [3.05, 3.63) is 0 Å². The zero-order chi connectivity index (χ0) is 17.5. The molecule has 1 rings (SSSR count). The van der Waals surface area contributed by atoms with Crippen LogP contribution in [0.1, 0.15) is 59.8 Å². The summed E-state index contributed by atoms with van der Waals surface area (Å²) < 4.78 is 5.28. The van der Waals surface area contributed by atoms with Gasteiger partial charge in [0.2, 0.25) is 5.91 Å². The third-order valence-corrected chi connectivity index (χ3v) is 3.86. The molecular formula is C17H32N2O4. The average molecular weight is 328 g/mol. The van der Waals surface area contributed by atoms with Gasteiger partial charge in [0.25, 0.3) is 0 Å². The van der Waals surface area contributed by atoms with Crippen LogP contribution in [-0.2, 0) is 9.53 Å². The van der Waals surface area contributed by atoms with Crippen LogP contribution in [0.3, 0.4) is 0 Å². The van der Waals surface area contributed by atoms with Crippen molar-refractivity contribution in [3.8, 4) is 0 Å². The first-order chi connectivity index (χ1) is 10.7. The van der Waals surface area contributed by atoms with Crippen molar-refractivity contribution in [3.63, 3.8) is 0 Å². The van der Waals surface area contributed by atoms with Gasteiger partial charge < -0.3 is 20.1 Å². The molecule has 1 saturated heterocycles. The van der Waals surface area contributed by atoms with Crippen molar-refractivity contribution in [1.29, 1.82) is 0 Å². The standard InChI is InChI=1S/C17H32N2O4/c1-5-6-7-8-9-10-18-15(21)13-11-19(12-14(13)20)16(22)23-17(2,3)4/h13-14,20H,5-12H2,1-4H3,(H,18,21)/t13-,14+/m1/s1. The van der Waals surface area contributed by atoms with Gasteiger partial charge in [-0.15, -0.1) is 0 Å². The Morgan fingerprint density at radius 1 is 1.17 bits per heavy atom. The fraction of sp³-hybridized carbons (Fsp3) is 0.882. The predicted octanol–water partition coefficient (Wildman–Crippen LogP) is 2.30. The van der Waals surface area contributed by atoms with E-state index in [2.05, 4.69) is 12.2 Å². The van der Waals surface area contributed by atoms with Gasteiger partial charge in [-0.1, -0.05) is 32.6 Å². The number of nitrogens with one attached hydrogen (secondary N) is 1. The lowest BCUT2D eigenvalue weighted by atomic mass is 10.1. The molecule has 1 aliphatic heterocycles. The lowest BCUT2D eigenvalue weighted by Crippen LogP contribution is -2.38. The van der Waals surface area contributed by atoms with E-state index in [9.17, 15) is 14.7 Å². The van der Waals surface area contributed by atoms with Crippen LogP contribution in [0.5, 0.6) is 0 Å². The third kappa shape index (κ3) is 7.20. The van der Waals surface area contributed by atoms with Gasteiger partial charge in [0.1, 0.15) is 5.60 Å². The van der Waals surface area contributed by atoms with E-state index in [4.69, 9.17) is 4.74 Å². The summed E-state index contributed by atoms with van der Waals surface area (Å²) >= 11 is 0. The first-order valence-electron chi connectivity index (χ1n) is 8.68. The van der Waals surface area contributed by atoms with E-state index in [0.29, 0.717) is 6.54 Å². The maximum atomic E-state index is 12.1. The van der Waals surface area contributed by atoms with E-state index < -0.39 is 23.7 Å². The van der Waals surface area contributed by atoms with Crippen molar-refractivity contribution in [2.45, 2.75) is 71.5 Å². The third-order valence-electron chi connectivity index (χ3n) is 3.86. The van der Waals surface area contributed by atoms with E-state index in [1.54, 1.807) is 20.8 Å². The van der Waals surface area contributed by atoms with Gasteiger partial charge in [-0.3, -0.25) is 4.79 Å². The monoisotopic (exact) mass is 328 g/mol.